The van der Waals surface area contributed by atoms with Crippen LogP contribution in [0, 0.1) is 12.8 Å². The van der Waals surface area contributed by atoms with Gasteiger partial charge < -0.3 is 5.32 Å². The van der Waals surface area contributed by atoms with Crippen LogP contribution in [0.3, 0.4) is 0 Å². The number of benzene rings is 1. The average Bonchev–Trinajstić information content (AvgIpc) is 2.65. The number of rotatable bonds is 4. The molecule has 1 unspecified atom stereocenters. The van der Waals surface area contributed by atoms with E-state index >= 15 is 0 Å². The quantitative estimate of drug-likeness (QED) is 0.805. The van der Waals surface area contributed by atoms with E-state index in [0.29, 0.717) is 40.8 Å². The van der Waals surface area contributed by atoms with Gasteiger partial charge >= 0.3 is 0 Å². The van der Waals surface area contributed by atoms with Crippen LogP contribution in [0.25, 0.3) is 0 Å². The Morgan fingerprint density at radius 3 is 2.74 bits per heavy atom. The molecule has 0 spiro atoms. The minimum Gasteiger partial charge on any atom is -0.310 e. The van der Waals surface area contributed by atoms with Gasteiger partial charge in [0.05, 0.1) is 15.8 Å². The SMILES string of the molecule is Cc1c(Cl)cccc1S(=O)(=O)N1CCCC(C(=O)Nc2ccc(Cl)cn2)C1. The summed E-state index contributed by atoms with van der Waals surface area (Å²) in [6, 6.07) is 8.04. The predicted octanol–water partition coefficient (Wildman–Crippen LogP) is 3.74. The lowest BCUT2D eigenvalue weighted by atomic mass is 9.99. The first kappa shape index (κ1) is 20.1. The number of piperidine rings is 1. The van der Waals surface area contributed by atoms with Crippen LogP contribution in [-0.4, -0.2) is 36.7 Å². The molecule has 2 aromatic rings. The van der Waals surface area contributed by atoms with E-state index in [1.54, 1.807) is 31.2 Å². The second-order valence-electron chi connectivity index (χ2n) is 6.42. The van der Waals surface area contributed by atoms with Crippen molar-refractivity contribution in [3.8, 4) is 0 Å². The van der Waals surface area contributed by atoms with Crippen LogP contribution in [-0.2, 0) is 14.8 Å². The summed E-state index contributed by atoms with van der Waals surface area (Å²) in [5, 5.41) is 3.59. The summed E-state index contributed by atoms with van der Waals surface area (Å²) in [5.41, 5.74) is 0.510. The molecule has 9 heteroatoms. The molecule has 2 heterocycles. The van der Waals surface area contributed by atoms with Gasteiger partial charge in [-0.2, -0.15) is 4.31 Å². The van der Waals surface area contributed by atoms with Crippen LogP contribution >= 0.6 is 23.2 Å². The monoisotopic (exact) mass is 427 g/mol. The van der Waals surface area contributed by atoms with Crippen molar-refractivity contribution in [1.29, 1.82) is 0 Å². The number of nitrogens with zero attached hydrogens (tertiary/aromatic N) is 2. The van der Waals surface area contributed by atoms with E-state index in [1.165, 1.54) is 16.6 Å². The van der Waals surface area contributed by atoms with Gasteiger partial charge in [-0.15, -0.1) is 0 Å². The van der Waals surface area contributed by atoms with Crippen molar-refractivity contribution in [3.63, 3.8) is 0 Å². The largest absolute Gasteiger partial charge is 0.310 e. The van der Waals surface area contributed by atoms with Crippen molar-refractivity contribution in [1.82, 2.24) is 9.29 Å². The second-order valence-corrected chi connectivity index (χ2v) is 9.17. The van der Waals surface area contributed by atoms with Crippen molar-refractivity contribution in [2.45, 2.75) is 24.7 Å². The topological polar surface area (TPSA) is 79.4 Å². The summed E-state index contributed by atoms with van der Waals surface area (Å²) in [6.07, 6.45) is 2.65. The Bertz CT molecular complexity index is 949. The van der Waals surface area contributed by atoms with Gasteiger partial charge in [0.25, 0.3) is 0 Å². The first-order valence-electron chi connectivity index (χ1n) is 8.46. The Morgan fingerprint density at radius 2 is 2.04 bits per heavy atom. The van der Waals surface area contributed by atoms with Crippen LogP contribution in [0.15, 0.2) is 41.4 Å². The molecule has 1 saturated heterocycles. The highest BCUT2D eigenvalue weighted by molar-refractivity contribution is 7.89. The van der Waals surface area contributed by atoms with Crippen molar-refractivity contribution >= 4 is 45.0 Å². The van der Waals surface area contributed by atoms with Crippen molar-refractivity contribution in [2.24, 2.45) is 5.92 Å². The molecule has 1 aromatic heterocycles. The first-order valence-corrected chi connectivity index (χ1v) is 10.7. The Balaban J connectivity index is 1.76. The zero-order chi connectivity index (χ0) is 19.6. The van der Waals surface area contributed by atoms with Gasteiger partial charge in [0.2, 0.25) is 15.9 Å². The van der Waals surface area contributed by atoms with E-state index in [4.69, 9.17) is 23.2 Å². The molecule has 0 radical (unpaired) electrons. The maximum atomic E-state index is 13.0. The predicted molar refractivity (Wildman–Crippen MR) is 106 cm³/mol. The van der Waals surface area contributed by atoms with Gasteiger partial charge in [0.1, 0.15) is 5.82 Å². The Kier molecular flexibility index (Phi) is 6.05. The van der Waals surface area contributed by atoms with Crippen molar-refractivity contribution in [3.05, 3.63) is 52.1 Å². The number of amides is 1. The number of nitrogens with one attached hydrogen (secondary N) is 1. The fourth-order valence-electron chi connectivity index (χ4n) is 3.06. The molecule has 1 fully saturated rings. The zero-order valence-electron chi connectivity index (χ0n) is 14.7. The number of anilines is 1. The number of halogens is 2. The normalized spacial score (nSPS) is 18.3. The third-order valence-corrected chi connectivity index (χ3v) is 7.21. The number of hydrogen-bond donors (Lipinski definition) is 1. The van der Waals surface area contributed by atoms with Gasteiger partial charge in [-0.1, -0.05) is 29.3 Å². The molecule has 1 aromatic carbocycles. The van der Waals surface area contributed by atoms with Crippen LogP contribution in [0.4, 0.5) is 5.82 Å². The zero-order valence-corrected chi connectivity index (χ0v) is 17.0. The van der Waals surface area contributed by atoms with Crippen molar-refractivity contribution < 1.29 is 13.2 Å². The molecular weight excluding hydrogens is 409 g/mol. The van der Waals surface area contributed by atoms with Crippen LogP contribution in [0.1, 0.15) is 18.4 Å². The number of pyridine rings is 1. The molecular formula is C18H19Cl2N3O3S. The van der Waals surface area contributed by atoms with E-state index < -0.39 is 15.9 Å². The number of hydrogen-bond acceptors (Lipinski definition) is 4. The van der Waals surface area contributed by atoms with Crippen LogP contribution in [0.5, 0.6) is 0 Å². The van der Waals surface area contributed by atoms with Gasteiger partial charge in [-0.25, -0.2) is 13.4 Å². The molecule has 3 rings (SSSR count). The summed E-state index contributed by atoms with van der Waals surface area (Å²) in [7, 11) is -3.72. The molecule has 1 N–H and O–H groups in total. The molecule has 1 atom stereocenters. The van der Waals surface area contributed by atoms with Gasteiger partial charge in [-0.05, 0) is 49.6 Å². The van der Waals surface area contributed by atoms with Gasteiger partial charge in [0.15, 0.2) is 0 Å². The summed E-state index contributed by atoms with van der Waals surface area (Å²) < 4.78 is 27.4. The number of carbonyl (C=O) groups excluding carboxylic acids is 1. The minimum atomic E-state index is -3.72. The highest BCUT2D eigenvalue weighted by atomic mass is 35.5. The highest BCUT2D eigenvalue weighted by Crippen LogP contribution is 2.29. The Morgan fingerprint density at radius 1 is 1.26 bits per heavy atom. The molecule has 27 heavy (non-hydrogen) atoms. The third kappa shape index (κ3) is 4.43. The van der Waals surface area contributed by atoms with Crippen LogP contribution in [0.2, 0.25) is 10.0 Å². The van der Waals surface area contributed by atoms with E-state index in [0.717, 1.165) is 0 Å². The second kappa shape index (κ2) is 8.14. The summed E-state index contributed by atoms with van der Waals surface area (Å²) >= 11 is 11.9. The van der Waals surface area contributed by atoms with E-state index in [1.807, 2.05) is 0 Å². The molecule has 1 aliphatic rings. The molecule has 0 saturated carbocycles. The van der Waals surface area contributed by atoms with E-state index in [2.05, 4.69) is 10.3 Å². The third-order valence-electron chi connectivity index (χ3n) is 4.57. The Labute approximate surface area is 168 Å². The number of sulfonamides is 1. The maximum absolute atomic E-state index is 13.0. The molecule has 144 valence electrons. The number of aromatic nitrogens is 1. The fourth-order valence-corrected chi connectivity index (χ4v) is 5.17. The average molecular weight is 428 g/mol. The molecule has 1 amide bonds. The molecule has 0 aliphatic carbocycles. The van der Waals surface area contributed by atoms with Gasteiger partial charge in [0, 0.05) is 24.3 Å². The summed E-state index contributed by atoms with van der Waals surface area (Å²) in [5.74, 6) is -0.326. The van der Waals surface area contributed by atoms with Gasteiger partial charge in [-0.3, -0.25) is 4.79 Å². The fraction of sp³-hybridized carbons (Fsp3) is 0.333. The van der Waals surface area contributed by atoms with Crippen molar-refractivity contribution in [2.75, 3.05) is 18.4 Å². The van der Waals surface area contributed by atoms with E-state index in [9.17, 15) is 13.2 Å². The Hall–Kier alpha value is -1.67. The lowest BCUT2D eigenvalue weighted by Gasteiger charge is -2.31. The molecule has 1 aliphatic heterocycles. The smallest absolute Gasteiger partial charge is 0.243 e. The summed E-state index contributed by atoms with van der Waals surface area (Å²) in [4.78, 5) is 16.8. The minimum absolute atomic E-state index is 0.119. The molecule has 6 nitrogen and oxygen atoms in total. The van der Waals surface area contributed by atoms with E-state index in [-0.39, 0.29) is 17.3 Å². The lowest BCUT2D eigenvalue weighted by Crippen LogP contribution is -2.43. The highest BCUT2D eigenvalue weighted by Gasteiger charge is 2.34. The lowest BCUT2D eigenvalue weighted by molar-refractivity contribution is -0.120. The van der Waals surface area contributed by atoms with Crippen LogP contribution < -0.4 is 5.32 Å². The summed E-state index contributed by atoms with van der Waals surface area (Å²) in [6.45, 7) is 2.17. The standard InChI is InChI=1S/C18H19Cl2N3O3S/c1-12-15(20)5-2-6-16(12)27(25,26)23-9-3-4-13(11-23)18(24)22-17-8-7-14(19)10-21-17/h2,5-8,10,13H,3-4,9,11H2,1H3,(H,21,22,24). The number of carbonyl (C=O) groups is 1. The molecule has 0 bridgehead atoms. The first-order chi connectivity index (χ1) is 12.8. The maximum Gasteiger partial charge on any atom is 0.243 e.